The molecule has 2 heteroatoms. The highest BCUT2D eigenvalue weighted by molar-refractivity contribution is 5.02. The number of hydrogen-bond donors (Lipinski definition) is 1. The molecule has 0 heterocycles. The zero-order valence-corrected chi connectivity index (χ0v) is 12.5. The van der Waals surface area contributed by atoms with Gasteiger partial charge < -0.3 is 10.6 Å². The van der Waals surface area contributed by atoms with Crippen LogP contribution in [0.25, 0.3) is 0 Å². The van der Waals surface area contributed by atoms with Crippen molar-refractivity contribution in [3.63, 3.8) is 0 Å². The number of likely N-dealkylation sites (N-methyl/N-ethyl adjacent to an activating group) is 1. The van der Waals surface area contributed by atoms with Gasteiger partial charge in [-0.2, -0.15) is 0 Å². The average molecular weight is 240 g/mol. The van der Waals surface area contributed by atoms with E-state index in [-0.39, 0.29) is 5.54 Å². The molecule has 3 atom stereocenters. The molecule has 0 aromatic carbocycles. The van der Waals surface area contributed by atoms with E-state index in [1.54, 1.807) is 0 Å². The smallest absolute Gasteiger partial charge is 0.0359 e. The van der Waals surface area contributed by atoms with Gasteiger partial charge in [-0.1, -0.05) is 46.5 Å². The minimum Gasteiger partial charge on any atom is -0.326 e. The molecule has 1 aliphatic carbocycles. The Morgan fingerprint density at radius 2 is 1.88 bits per heavy atom. The Morgan fingerprint density at radius 1 is 1.29 bits per heavy atom. The van der Waals surface area contributed by atoms with Crippen LogP contribution in [0.1, 0.15) is 59.3 Å². The van der Waals surface area contributed by atoms with Crippen LogP contribution in [0.4, 0.5) is 0 Å². The maximum absolute atomic E-state index is 6.67. The van der Waals surface area contributed by atoms with E-state index in [4.69, 9.17) is 5.73 Å². The Bertz CT molecular complexity index is 223. The molecule has 1 rings (SSSR count). The van der Waals surface area contributed by atoms with Gasteiger partial charge in [0.1, 0.15) is 0 Å². The van der Waals surface area contributed by atoms with E-state index in [1.807, 2.05) is 0 Å². The first-order valence-corrected chi connectivity index (χ1v) is 7.41. The fourth-order valence-electron chi connectivity index (χ4n) is 3.81. The van der Waals surface area contributed by atoms with Gasteiger partial charge in [0, 0.05) is 11.6 Å². The van der Waals surface area contributed by atoms with Crippen LogP contribution in [0.3, 0.4) is 0 Å². The first kappa shape index (κ1) is 15.0. The molecule has 3 unspecified atom stereocenters. The van der Waals surface area contributed by atoms with Crippen LogP contribution in [0.15, 0.2) is 0 Å². The molecule has 0 saturated heterocycles. The molecule has 0 amide bonds. The largest absolute Gasteiger partial charge is 0.326 e. The Kier molecular flexibility index (Phi) is 5.46. The molecule has 2 N–H and O–H groups in total. The van der Waals surface area contributed by atoms with Crippen molar-refractivity contribution >= 4 is 0 Å². The van der Waals surface area contributed by atoms with Gasteiger partial charge >= 0.3 is 0 Å². The van der Waals surface area contributed by atoms with Gasteiger partial charge in [0.15, 0.2) is 0 Å². The van der Waals surface area contributed by atoms with E-state index >= 15 is 0 Å². The summed E-state index contributed by atoms with van der Waals surface area (Å²) in [5.74, 6) is 1.49. The second kappa shape index (κ2) is 6.19. The maximum Gasteiger partial charge on any atom is 0.0359 e. The first-order valence-electron chi connectivity index (χ1n) is 7.41. The van der Waals surface area contributed by atoms with Crippen LogP contribution in [0.2, 0.25) is 0 Å². The summed E-state index contributed by atoms with van der Waals surface area (Å²) in [6.45, 7) is 6.95. The molecular formula is C15H32N2. The van der Waals surface area contributed by atoms with Crippen molar-refractivity contribution in [3.05, 3.63) is 0 Å². The third-order valence-electron chi connectivity index (χ3n) is 5.08. The van der Waals surface area contributed by atoms with Crippen molar-refractivity contribution in [2.24, 2.45) is 17.6 Å². The predicted octanol–water partition coefficient (Wildman–Crippen LogP) is 3.26. The van der Waals surface area contributed by atoms with Crippen LogP contribution in [0.5, 0.6) is 0 Å². The maximum atomic E-state index is 6.67. The lowest BCUT2D eigenvalue weighted by Crippen LogP contribution is -2.61. The van der Waals surface area contributed by atoms with Crippen molar-refractivity contribution in [1.82, 2.24) is 4.90 Å². The number of hydrogen-bond acceptors (Lipinski definition) is 2. The molecule has 17 heavy (non-hydrogen) atoms. The molecule has 1 saturated carbocycles. The van der Waals surface area contributed by atoms with E-state index in [9.17, 15) is 0 Å². The average Bonchev–Trinajstić information content (AvgIpc) is 2.30. The quantitative estimate of drug-likeness (QED) is 0.799. The van der Waals surface area contributed by atoms with E-state index < -0.39 is 0 Å². The van der Waals surface area contributed by atoms with Gasteiger partial charge in [0.25, 0.3) is 0 Å². The highest BCUT2D eigenvalue weighted by atomic mass is 15.2. The number of nitrogens with two attached hydrogens (primary N) is 1. The summed E-state index contributed by atoms with van der Waals surface area (Å²) in [5.41, 5.74) is 6.91. The molecule has 102 valence electrons. The monoisotopic (exact) mass is 240 g/mol. The van der Waals surface area contributed by atoms with Gasteiger partial charge in [0.05, 0.1) is 0 Å². The minimum absolute atomic E-state index is 0.244. The summed E-state index contributed by atoms with van der Waals surface area (Å²) in [6, 6.07) is 0.329. The lowest BCUT2D eigenvalue weighted by Gasteiger charge is -2.51. The molecule has 1 fully saturated rings. The standard InChI is InChI=1S/C15H32N2/c1-6-13(7-2)14(16)15(17(4)5)10-8-9-12(3)11-15/h12-14H,6-11,16H2,1-5H3. The molecule has 0 aromatic rings. The third kappa shape index (κ3) is 3.03. The lowest BCUT2D eigenvalue weighted by molar-refractivity contribution is 0.0288. The molecule has 0 radical (unpaired) electrons. The van der Waals surface area contributed by atoms with Gasteiger partial charge in [0.2, 0.25) is 0 Å². The normalized spacial score (nSPS) is 32.1. The highest BCUT2D eigenvalue weighted by Crippen LogP contribution is 2.40. The Morgan fingerprint density at radius 3 is 2.29 bits per heavy atom. The van der Waals surface area contributed by atoms with Crippen LogP contribution >= 0.6 is 0 Å². The van der Waals surface area contributed by atoms with Crippen molar-refractivity contribution < 1.29 is 0 Å². The van der Waals surface area contributed by atoms with Gasteiger partial charge in [-0.15, -0.1) is 0 Å². The summed E-state index contributed by atoms with van der Waals surface area (Å²) < 4.78 is 0. The third-order valence-corrected chi connectivity index (χ3v) is 5.08. The second-order valence-corrected chi connectivity index (χ2v) is 6.30. The second-order valence-electron chi connectivity index (χ2n) is 6.30. The summed E-state index contributed by atoms with van der Waals surface area (Å²) >= 11 is 0. The van der Waals surface area contributed by atoms with Crippen LogP contribution in [-0.4, -0.2) is 30.6 Å². The van der Waals surface area contributed by atoms with Crippen molar-refractivity contribution in [2.75, 3.05) is 14.1 Å². The van der Waals surface area contributed by atoms with Crippen LogP contribution < -0.4 is 5.73 Å². The van der Waals surface area contributed by atoms with Gasteiger partial charge in [-0.3, -0.25) is 0 Å². The fourth-order valence-corrected chi connectivity index (χ4v) is 3.81. The minimum atomic E-state index is 0.244. The number of nitrogens with zero attached hydrogens (tertiary/aromatic N) is 1. The summed E-state index contributed by atoms with van der Waals surface area (Å²) in [7, 11) is 4.44. The molecule has 0 bridgehead atoms. The zero-order chi connectivity index (χ0) is 13.1. The van der Waals surface area contributed by atoms with Gasteiger partial charge in [-0.05, 0) is 38.8 Å². The Balaban J connectivity index is 2.90. The van der Waals surface area contributed by atoms with E-state index in [0.29, 0.717) is 12.0 Å². The molecule has 0 spiro atoms. The highest BCUT2D eigenvalue weighted by Gasteiger charge is 2.44. The van der Waals surface area contributed by atoms with Crippen molar-refractivity contribution in [1.29, 1.82) is 0 Å². The molecule has 0 aromatic heterocycles. The Hall–Kier alpha value is -0.0800. The van der Waals surface area contributed by atoms with Crippen LogP contribution in [0, 0.1) is 11.8 Å². The summed E-state index contributed by atoms with van der Waals surface area (Å²) in [4.78, 5) is 2.42. The van der Waals surface area contributed by atoms with E-state index in [0.717, 1.165) is 5.92 Å². The van der Waals surface area contributed by atoms with Gasteiger partial charge in [-0.25, -0.2) is 0 Å². The van der Waals surface area contributed by atoms with Crippen molar-refractivity contribution in [2.45, 2.75) is 70.9 Å². The van der Waals surface area contributed by atoms with Crippen molar-refractivity contribution in [3.8, 4) is 0 Å². The number of rotatable bonds is 5. The molecule has 1 aliphatic rings. The molecular weight excluding hydrogens is 208 g/mol. The van der Waals surface area contributed by atoms with E-state index in [2.05, 4.69) is 39.8 Å². The van der Waals surface area contributed by atoms with Crippen LogP contribution in [-0.2, 0) is 0 Å². The summed E-state index contributed by atoms with van der Waals surface area (Å²) in [6.07, 6.45) is 7.70. The van der Waals surface area contributed by atoms with E-state index in [1.165, 1.54) is 38.5 Å². The molecule has 2 nitrogen and oxygen atoms in total. The predicted molar refractivity (Wildman–Crippen MR) is 76.1 cm³/mol. The zero-order valence-electron chi connectivity index (χ0n) is 12.5. The Labute approximate surface area is 108 Å². The first-order chi connectivity index (χ1) is 7.97. The SMILES string of the molecule is CCC(CC)C(N)C1(N(C)C)CCCC(C)C1. The summed E-state index contributed by atoms with van der Waals surface area (Å²) in [5, 5.41) is 0. The topological polar surface area (TPSA) is 29.3 Å². The fraction of sp³-hybridized carbons (Fsp3) is 1.00. The molecule has 0 aliphatic heterocycles. The lowest BCUT2D eigenvalue weighted by atomic mass is 9.67.